The molecule has 3 nitrogen and oxygen atoms in total. The van der Waals surface area contributed by atoms with E-state index in [0.717, 1.165) is 49.3 Å². The number of halogens is 4. The van der Waals surface area contributed by atoms with Crippen molar-refractivity contribution in [2.75, 3.05) is 18.4 Å². The second-order valence-electron chi connectivity index (χ2n) is 7.44. The van der Waals surface area contributed by atoms with Crippen LogP contribution in [0.2, 0.25) is 5.02 Å². The standard InChI is InChI=1S/C24H22ClF3N2O/c25-22-9-6-17-10-12-29-13-11-21(17)23(22)30-15-16-4-7-19(8-5-16)31-20-3-1-2-18(14-20)24(26,27)28/h1-9,14,29-30H,10-13,15H2. The molecule has 0 spiro atoms. The van der Waals surface area contributed by atoms with Gasteiger partial charge in [-0.2, -0.15) is 13.2 Å². The van der Waals surface area contributed by atoms with Gasteiger partial charge in [0.25, 0.3) is 0 Å². The fraction of sp³-hybridized carbons (Fsp3) is 0.250. The van der Waals surface area contributed by atoms with Gasteiger partial charge in [0.05, 0.1) is 16.3 Å². The van der Waals surface area contributed by atoms with Crippen molar-refractivity contribution in [1.82, 2.24) is 5.32 Å². The fourth-order valence-corrected chi connectivity index (χ4v) is 3.92. The first-order valence-corrected chi connectivity index (χ1v) is 10.5. The van der Waals surface area contributed by atoms with Crippen molar-refractivity contribution >= 4 is 17.3 Å². The van der Waals surface area contributed by atoms with E-state index in [1.54, 1.807) is 12.1 Å². The van der Waals surface area contributed by atoms with Crippen molar-refractivity contribution in [3.05, 3.63) is 87.9 Å². The molecule has 1 heterocycles. The summed E-state index contributed by atoms with van der Waals surface area (Å²) in [4.78, 5) is 0. The number of hydrogen-bond donors (Lipinski definition) is 2. The van der Waals surface area contributed by atoms with E-state index in [1.807, 2.05) is 18.2 Å². The van der Waals surface area contributed by atoms with E-state index in [-0.39, 0.29) is 5.75 Å². The van der Waals surface area contributed by atoms with E-state index >= 15 is 0 Å². The minimum Gasteiger partial charge on any atom is -0.457 e. The highest BCUT2D eigenvalue weighted by atomic mass is 35.5. The van der Waals surface area contributed by atoms with E-state index < -0.39 is 11.7 Å². The zero-order valence-electron chi connectivity index (χ0n) is 16.7. The van der Waals surface area contributed by atoms with Crippen LogP contribution in [0, 0.1) is 0 Å². The Balaban J connectivity index is 1.43. The molecule has 0 unspecified atom stereocenters. The average molecular weight is 447 g/mol. The van der Waals surface area contributed by atoms with Gasteiger partial charge >= 0.3 is 6.18 Å². The molecule has 0 atom stereocenters. The molecule has 2 N–H and O–H groups in total. The Morgan fingerprint density at radius 3 is 2.48 bits per heavy atom. The maximum absolute atomic E-state index is 12.9. The third-order valence-electron chi connectivity index (χ3n) is 5.27. The van der Waals surface area contributed by atoms with Crippen LogP contribution < -0.4 is 15.4 Å². The number of alkyl halides is 3. The molecule has 1 aliphatic heterocycles. The van der Waals surface area contributed by atoms with Crippen molar-refractivity contribution in [1.29, 1.82) is 0 Å². The van der Waals surface area contributed by atoms with Gasteiger partial charge in [-0.05, 0) is 79.0 Å². The molecule has 7 heteroatoms. The van der Waals surface area contributed by atoms with Crippen molar-refractivity contribution in [3.63, 3.8) is 0 Å². The molecule has 162 valence electrons. The predicted molar refractivity (Wildman–Crippen MR) is 117 cm³/mol. The quantitative estimate of drug-likeness (QED) is 0.472. The van der Waals surface area contributed by atoms with Crippen molar-refractivity contribution in [2.45, 2.75) is 25.6 Å². The summed E-state index contributed by atoms with van der Waals surface area (Å²) in [5, 5.41) is 7.56. The van der Waals surface area contributed by atoms with Gasteiger partial charge in [0.2, 0.25) is 0 Å². The minimum absolute atomic E-state index is 0.146. The molecule has 0 aliphatic carbocycles. The van der Waals surface area contributed by atoms with E-state index in [2.05, 4.69) is 16.7 Å². The largest absolute Gasteiger partial charge is 0.457 e. The summed E-state index contributed by atoms with van der Waals surface area (Å²) < 4.78 is 44.2. The van der Waals surface area contributed by atoms with Crippen LogP contribution in [0.4, 0.5) is 18.9 Å². The van der Waals surface area contributed by atoms with Gasteiger partial charge in [0.15, 0.2) is 0 Å². The summed E-state index contributed by atoms with van der Waals surface area (Å²) in [6.07, 6.45) is -2.51. The van der Waals surface area contributed by atoms with Gasteiger partial charge in [-0.25, -0.2) is 0 Å². The number of anilines is 1. The SMILES string of the molecule is FC(F)(F)c1cccc(Oc2ccc(CNc3c(Cl)ccc4c3CCNCC4)cc2)c1. The fourth-order valence-electron chi connectivity index (χ4n) is 3.67. The van der Waals surface area contributed by atoms with Crippen LogP contribution in [0.1, 0.15) is 22.3 Å². The number of nitrogens with one attached hydrogen (secondary N) is 2. The van der Waals surface area contributed by atoms with E-state index in [4.69, 9.17) is 16.3 Å². The van der Waals surface area contributed by atoms with Gasteiger partial charge in [-0.3, -0.25) is 0 Å². The predicted octanol–water partition coefficient (Wildman–Crippen LogP) is 6.45. The molecule has 0 bridgehead atoms. The van der Waals surface area contributed by atoms with Gasteiger partial charge in [-0.1, -0.05) is 35.9 Å². The third kappa shape index (κ3) is 5.32. The average Bonchev–Trinajstić information content (AvgIpc) is 2.99. The topological polar surface area (TPSA) is 33.3 Å². The highest BCUT2D eigenvalue weighted by molar-refractivity contribution is 6.33. The number of hydrogen-bond acceptors (Lipinski definition) is 3. The lowest BCUT2D eigenvalue weighted by Crippen LogP contribution is -2.16. The summed E-state index contributed by atoms with van der Waals surface area (Å²) in [6, 6.07) is 16.1. The number of benzene rings is 3. The maximum atomic E-state index is 12.9. The third-order valence-corrected chi connectivity index (χ3v) is 5.59. The van der Waals surface area contributed by atoms with Gasteiger partial charge in [-0.15, -0.1) is 0 Å². The summed E-state index contributed by atoms with van der Waals surface area (Å²) in [6.45, 7) is 2.46. The zero-order chi connectivity index (χ0) is 21.8. The molecule has 0 amide bonds. The van der Waals surface area contributed by atoms with Crippen LogP contribution >= 0.6 is 11.6 Å². The normalized spacial score (nSPS) is 13.9. The molecule has 0 fully saturated rings. The van der Waals surface area contributed by atoms with Gasteiger partial charge in [0, 0.05) is 6.54 Å². The van der Waals surface area contributed by atoms with Crippen LogP contribution in [-0.2, 0) is 25.6 Å². The minimum atomic E-state index is -4.40. The molecule has 31 heavy (non-hydrogen) atoms. The molecule has 0 saturated heterocycles. The summed E-state index contributed by atoms with van der Waals surface area (Å²) in [7, 11) is 0. The van der Waals surface area contributed by atoms with E-state index in [0.29, 0.717) is 17.3 Å². The van der Waals surface area contributed by atoms with Crippen LogP contribution in [-0.4, -0.2) is 13.1 Å². The van der Waals surface area contributed by atoms with Crippen molar-refractivity contribution in [3.8, 4) is 11.5 Å². The van der Waals surface area contributed by atoms with E-state index in [1.165, 1.54) is 23.3 Å². The number of rotatable bonds is 5. The van der Waals surface area contributed by atoms with Gasteiger partial charge in [0.1, 0.15) is 11.5 Å². The van der Waals surface area contributed by atoms with Crippen LogP contribution in [0.3, 0.4) is 0 Å². The van der Waals surface area contributed by atoms with Crippen LogP contribution in [0.25, 0.3) is 0 Å². The zero-order valence-corrected chi connectivity index (χ0v) is 17.5. The van der Waals surface area contributed by atoms with Crippen LogP contribution in [0.15, 0.2) is 60.7 Å². The molecular weight excluding hydrogens is 425 g/mol. The Kier molecular flexibility index (Phi) is 6.39. The highest BCUT2D eigenvalue weighted by Crippen LogP contribution is 2.33. The molecule has 0 saturated carbocycles. The maximum Gasteiger partial charge on any atom is 0.416 e. The Bertz CT molecular complexity index is 1050. The summed E-state index contributed by atoms with van der Waals surface area (Å²) in [5.74, 6) is 0.619. The van der Waals surface area contributed by atoms with Crippen molar-refractivity contribution in [2.24, 2.45) is 0 Å². The molecule has 4 rings (SSSR count). The lowest BCUT2D eigenvalue weighted by atomic mass is 10.0. The molecule has 3 aromatic carbocycles. The Labute approximate surface area is 184 Å². The molecule has 1 aliphatic rings. The van der Waals surface area contributed by atoms with Crippen LogP contribution in [0.5, 0.6) is 11.5 Å². The first-order chi connectivity index (χ1) is 14.9. The smallest absolute Gasteiger partial charge is 0.416 e. The second kappa shape index (κ2) is 9.20. The summed E-state index contributed by atoms with van der Waals surface area (Å²) >= 11 is 6.46. The first kappa shape index (κ1) is 21.5. The molecule has 0 aromatic heterocycles. The Morgan fingerprint density at radius 2 is 1.71 bits per heavy atom. The number of ether oxygens (including phenoxy) is 1. The lowest BCUT2D eigenvalue weighted by Gasteiger charge is -2.16. The van der Waals surface area contributed by atoms with Crippen molar-refractivity contribution < 1.29 is 17.9 Å². The Morgan fingerprint density at radius 1 is 0.935 bits per heavy atom. The lowest BCUT2D eigenvalue weighted by molar-refractivity contribution is -0.137. The Hall–Kier alpha value is -2.70. The number of fused-ring (bicyclic) bond motifs is 1. The monoisotopic (exact) mass is 446 g/mol. The first-order valence-electron chi connectivity index (χ1n) is 10.1. The van der Waals surface area contributed by atoms with E-state index in [9.17, 15) is 13.2 Å². The second-order valence-corrected chi connectivity index (χ2v) is 7.84. The molecular formula is C24H22ClF3N2O. The molecule has 0 radical (unpaired) electrons. The van der Waals surface area contributed by atoms with Gasteiger partial charge < -0.3 is 15.4 Å². The highest BCUT2D eigenvalue weighted by Gasteiger charge is 2.30. The molecule has 3 aromatic rings. The summed E-state index contributed by atoms with van der Waals surface area (Å²) in [5.41, 5.74) is 3.80.